The molecule has 1 fully saturated rings. The molecule has 0 aliphatic carbocycles. The van der Waals surface area contributed by atoms with Crippen LogP contribution in [0.4, 0.5) is 0 Å². The fourth-order valence-corrected chi connectivity index (χ4v) is 1.99. The van der Waals surface area contributed by atoms with Gasteiger partial charge in [-0.05, 0) is 0 Å². The predicted molar refractivity (Wildman–Crippen MR) is 67.4 cm³/mol. The Hall–Kier alpha value is -2.49. The summed E-state index contributed by atoms with van der Waals surface area (Å²) in [6, 6.07) is -0.696. The van der Waals surface area contributed by atoms with Gasteiger partial charge in [0.15, 0.2) is 5.69 Å². The molecule has 2 amide bonds. The highest BCUT2D eigenvalue weighted by atomic mass is 16.5. The molecule has 1 aromatic heterocycles. The van der Waals surface area contributed by atoms with Gasteiger partial charge in [-0.25, -0.2) is 9.48 Å². The predicted octanol–water partition coefficient (Wildman–Crippen LogP) is -2.05. The quantitative estimate of drug-likeness (QED) is 0.655. The minimum atomic E-state index is -1.22. The highest BCUT2D eigenvalue weighted by molar-refractivity contribution is 5.88. The number of nitrogens with one attached hydrogen (secondary N) is 1. The van der Waals surface area contributed by atoms with E-state index in [0.29, 0.717) is 6.61 Å². The molecule has 2 heterocycles. The average molecular weight is 297 g/mol. The lowest BCUT2D eigenvalue weighted by Crippen LogP contribution is -2.56. The third kappa shape index (κ3) is 3.34. The summed E-state index contributed by atoms with van der Waals surface area (Å²) in [5.41, 5.74) is -0.243. The Balaban J connectivity index is 2.06. The second kappa shape index (κ2) is 6.31. The number of ether oxygens (including phenoxy) is 1. The molecule has 1 aliphatic heterocycles. The lowest BCUT2D eigenvalue weighted by molar-refractivity contribution is -0.148. The van der Waals surface area contributed by atoms with Gasteiger partial charge in [0.05, 0.1) is 19.4 Å². The molecule has 21 heavy (non-hydrogen) atoms. The number of carboxylic acids is 1. The fraction of sp³-hybridized carbons (Fsp3) is 0.545. The van der Waals surface area contributed by atoms with E-state index in [9.17, 15) is 14.4 Å². The number of amides is 2. The molecular weight excluding hydrogens is 282 g/mol. The second-order valence-electron chi connectivity index (χ2n) is 4.40. The van der Waals surface area contributed by atoms with Crippen molar-refractivity contribution in [3.63, 3.8) is 0 Å². The normalized spacial score (nSPS) is 18.3. The number of nitrogens with zero attached hydrogens (tertiary/aromatic N) is 4. The summed E-state index contributed by atoms with van der Waals surface area (Å²) in [7, 11) is 1.48. The molecule has 2 N–H and O–H groups in total. The Morgan fingerprint density at radius 2 is 2.29 bits per heavy atom. The molecule has 1 aliphatic rings. The SMILES string of the molecule is CNC(=O)C1COCCN1C(=O)Cn1cc(C(=O)O)nn1. The number of aromatic carboxylic acids is 1. The third-order valence-electron chi connectivity index (χ3n) is 3.05. The van der Waals surface area contributed by atoms with E-state index in [2.05, 4.69) is 15.6 Å². The summed E-state index contributed by atoms with van der Waals surface area (Å²) in [6.07, 6.45) is 1.16. The molecule has 1 atom stereocenters. The largest absolute Gasteiger partial charge is 0.476 e. The standard InChI is InChI=1S/C11H15N5O5/c1-12-10(18)8-6-21-3-2-16(8)9(17)5-15-4-7(11(19)20)13-14-15/h4,8H,2-3,5-6H2,1H3,(H,12,18)(H,19,20). The zero-order valence-electron chi connectivity index (χ0n) is 11.4. The van der Waals surface area contributed by atoms with Crippen molar-refractivity contribution in [2.45, 2.75) is 12.6 Å². The van der Waals surface area contributed by atoms with E-state index >= 15 is 0 Å². The molecule has 10 heteroatoms. The summed E-state index contributed by atoms with van der Waals surface area (Å²) >= 11 is 0. The van der Waals surface area contributed by atoms with Crippen LogP contribution in [-0.4, -0.2) is 75.6 Å². The first-order valence-corrected chi connectivity index (χ1v) is 6.25. The number of carbonyl (C=O) groups is 3. The van der Waals surface area contributed by atoms with Gasteiger partial charge in [-0.3, -0.25) is 9.59 Å². The van der Waals surface area contributed by atoms with Crippen molar-refractivity contribution in [1.82, 2.24) is 25.2 Å². The van der Waals surface area contributed by atoms with Gasteiger partial charge in [0.2, 0.25) is 11.8 Å². The number of rotatable bonds is 4. The Morgan fingerprint density at radius 1 is 1.52 bits per heavy atom. The first kappa shape index (κ1) is 14.9. The van der Waals surface area contributed by atoms with Gasteiger partial charge in [0.1, 0.15) is 12.6 Å². The molecule has 0 saturated carbocycles. The van der Waals surface area contributed by atoms with Crippen molar-refractivity contribution < 1.29 is 24.2 Å². The molecular formula is C11H15N5O5. The Labute approximate surface area is 119 Å². The highest BCUT2D eigenvalue weighted by Gasteiger charge is 2.32. The minimum Gasteiger partial charge on any atom is -0.476 e. The molecule has 0 radical (unpaired) electrons. The summed E-state index contributed by atoms with van der Waals surface area (Å²) in [4.78, 5) is 36.1. The van der Waals surface area contributed by atoms with Crippen molar-refractivity contribution in [2.75, 3.05) is 26.8 Å². The van der Waals surface area contributed by atoms with Crippen molar-refractivity contribution in [2.24, 2.45) is 0 Å². The molecule has 114 valence electrons. The van der Waals surface area contributed by atoms with Crippen LogP contribution in [0.1, 0.15) is 10.5 Å². The number of carboxylic acid groups (broad SMARTS) is 1. The van der Waals surface area contributed by atoms with Crippen LogP contribution in [0.5, 0.6) is 0 Å². The molecule has 0 aromatic carbocycles. The summed E-state index contributed by atoms with van der Waals surface area (Å²) in [6.45, 7) is 0.575. The van der Waals surface area contributed by atoms with E-state index in [1.807, 2.05) is 0 Å². The van der Waals surface area contributed by atoms with Crippen molar-refractivity contribution >= 4 is 17.8 Å². The van der Waals surface area contributed by atoms with Crippen molar-refractivity contribution in [3.8, 4) is 0 Å². The minimum absolute atomic E-state index is 0.128. The van der Waals surface area contributed by atoms with Gasteiger partial charge in [0, 0.05) is 13.6 Å². The van der Waals surface area contributed by atoms with Crippen molar-refractivity contribution in [3.05, 3.63) is 11.9 Å². The maximum absolute atomic E-state index is 12.2. The van der Waals surface area contributed by atoms with Gasteiger partial charge in [-0.15, -0.1) is 5.10 Å². The topological polar surface area (TPSA) is 127 Å². The summed E-state index contributed by atoms with van der Waals surface area (Å²) in [5, 5.41) is 18.2. The van der Waals surface area contributed by atoms with Crippen LogP contribution in [0.15, 0.2) is 6.20 Å². The van der Waals surface area contributed by atoms with Gasteiger partial charge in [-0.2, -0.15) is 0 Å². The molecule has 1 aromatic rings. The number of carbonyl (C=O) groups excluding carboxylic acids is 2. The van der Waals surface area contributed by atoms with Crippen LogP contribution in [-0.2, 0) is 20.9 Å². The molecule has 1 unspecified atom stereocenters. The molecule has 2 rings (SSSR count). The maximum atomic E-state index is 12.2. The smallest absolute Gasteiger partial charge is 0.358 e. The van der Waals surface area contributed by atoms with E-state index in [-0.39, 0.29) is 37.2 Å². The van der Waals surface area contributed by atoms with E-state index in [4.69, 9.17) is 9.84 Å². The molecule has 0 spiro atoms. The van der Waals surface area contributed by atoms with Crippen LogP contribution in [0.25, 0.3) is 0 Å². The fourth-order valence-electron chi connectivity index (χ4n) is 1.99. The lowest BCUT2D eigenvalue weighted by Gasteiger charge is -2.34. The van der Waals surface area contributed by atoms with Gasteiger partial charge < -0.3 is 20.1 Å². The summed E-state index contributed by atoms with van der Waals surface area (Å²) in [5.74, 6) is -1.88. The number of morpholine rings is 1. The first-order valence-electron chi connectivity index (χ1n) is 6.25. The summed E-state index contributed by atoms with van der Waals surface area (Å²) < 4.78 is 6.33. The van der Waals surface area contributed by atoms with E-state index < -0.39 is 12.0 Å². The van der Waals surface area contributed by atoms with Gasteiger partial charge in [-0.1, -0.05) is 5.21 Å². The van der Waals surface area contributed by atoms with Crippen LogP contribution in [0.3, 0.4) is 0 Å². The molecule has 1 saturated heterocycles. The molecule has 0 bridgehead atoms. The van der Waals surface area contributed by atoms with E-state index in [0.717, 1.165) is 10.9 Å². The van der Waals surface area contributed by atoms with Gasteiger partial charge in [0.25, 0.3) is 0 Å². The molecule has 10 nitrogen and oxygen atoms in total. The van der Waals surface area contributed by atoms with Crippen molar-refractivity contribution in [1.29, 1.82) is 0 Å². The number of aromatic nitrogens is 3. The zero-order valence-corrected chi connectivity index (χ0v) is 11.4. The van der Waals surface area contributed by atoms with Crippen LogP contribution in [0.2, 0.25) is 0 Å². The third-order valence-corrected chi connectivity index (χ3v) is 3.05. The number of likely N-dealkylation sites (N-methyl/N-ethyl adjacent to an activating group) is 1. The Morgan fingerprint density at radius 3 is 2.90 bits per heavy atom. The first-order chi connectivity index (χ1) is 10.0. The van der Waals surface area contributed by atoms with E-state index in [1.54, 1.807) is 0 Å². The number of hydrogen-bond acceptors (Lipinski definition) is 6. The van der Waals surface area contributed by atoms with Crippen LogP contribution >= 0.6 is 0 Å². The highest BCUT2D eigenvalue weighted by Crippen LogP contribution is 2.08. The lowest BCUT2D eigenvalue weighted by atomic mass is 10.2. The maximum Gasteiger partial charge on any atom is 0.358 e. The van der Waals surface area contributed by atoms with Gasteiger partial charge >= 0.3 is 5.97 Å². The Kier molecular flexibility index (Phi) is 4.48. The zero-order chi connectivity index (χ0) is 15.4. The van der Waals surface area contributed by atoms with Crippen LogP contribution in [0, 0.1) is 0 Å². The van der Waals surface area contributed by atoms with E-state index in [1.165, 1.54) is 11.9 Å². The van der Waals surface area contributed by atoms with Crippen LogP contribution < -0.4 is 5.32 Å². The number of hydrogen-bond donors (Lipinski definition) is 2. The second-order valence-corrected chi connectivity index (χ2v) is 4.40. The monoisotopic (exact) mass is 297 g/mol. The average Bonchev–Trinajstić information content (AvgIpc) is 2.95. The Bertz CT molecular complexity index is 557.